The van der Waals surface area contributed by atoms with E-state index < -0.39 is 0 Å². The van der Waals surface area contributed by atoms with Crippen LogP contribution in [0.5, 0.6) is 0 Å². The van der Waals surface area contributed by atoms with Gasteiger partial charge in [0.2, 0.25) is 5.89 Å². The standard InChI is InChI=1S/C31H18N2OS/c1-4-10-25-21(7-1)22-8-2-5-11-26(22)33(25)20-15-13-19(14-16-20)31-32-24-17-18-28-29(30(24)34-31)23-9-3-6-12-27(23)35-28/h1-18H. The van der Waals surface area contributed by atoms with Crippen molar-refractivity contribution in [3.63, 3.8) is 0 Å². The average Bonchev–Trinajstić information content (AvgIpc) is 3.60. The highest BCUT2D eigenvalue weighted by molar-refractivity contribution is 7.26. The summed E-state index contributed by atoms with van der Waals surface area (Å²) in [6, 6.07) is 38.4. The van der Waals surface area contributed by atoms with E-state index in [1.165, 1.54) is 36.6 Å². The number of hydrogen-bond donors (Lipinski definition) is 0. The zero-order chi connectivity index (χ0) is 22.9. The number of oxazole rings is 1. The Morgan fingerprint density at radius 1 is 0.600 bits per heavy atom. The zero-order valence-electron chi connectivity index (χ0n) is 18.6. The van der Waals surface area contributed by atoms with E-state index in [9.17, 15) is 0 Å². The molecule has 0 spiro atoms. The minimum atomic E-state index is 0.650. The predicted octanol–water partition coefficient (Wildman–Crippen LogP) is 8.96. The molecule has 0 saturated heterocycles. The summed E-state index contributed by atoms with van der Waals surface area (Å²) in [6.07, 6.45) is 0. The van der Waals surface area contributed by atoms with Crippen molar-refractivity contribution in [3.8, 4) is 17.1 Å². The third-order valence-electron chi connectivity index (χ3n) is 6.85. The Hall–Kier alpha value is -4.41. The number of rotatable bonds is 2. The topological polar surface area (TPSA) is 31.0 Å². The molecule has 3 heterocycles. The molecule has 0 unspecified atom stereocenters. The number of fused-ring (bicyclic) bond motifs is 8. The normalized spacial score (nSPS) is 12.0. The molecule has 0 N–H and O–H groups in total. The van der Waals surface area contributed by atoms with E-state index in [-0.39, 0.29) is 0 Å². The van der Waals surface area contributed by atoms with Gasteiger partial charge in [0, 0.05) is 42.2 Å². The van der Waals surface area contributed by atoms with E-state index in [1.807, 2.05) is 0 Å². The second-order valence-corrected chi connectivity index (χ2v) is 9.90. The Balaban J connectivity index is 1.29. The van der Waals surface area contributed by atoms with E-state index in [0.717, 1.165) is 27.7 Å². The number of aromatic nitrogens is 2. The summed E-state index contributed by atoms with van der Waals surface area (Å²) < 4.78 is 11.2. The first-order chi connectivity index (χ1) is 17.3. The van der Waals surface area contributed by atoms with E-state index in [2.05, 4.69) is 114 Å². The van der Waals surface area contributed by atoms with Crippen LogP contribution in [0.1, 0.15) is 0 Å². The first kappa shape index (κ1) is 19.0. The maximum atomic E-state index is 6.39. The van der Waals surface area contributed by atoms with Gasteiger partial charge in [-0.15, -0.1) is 11.3 Å². The minimum absolute atomic E-state index is 0.650. The van der Waals surface area contributed by atoms with Crippen molar-refractivity contribution in [1.82, 2.24) is 9.55 Å². The third kappa shape index (κ3) is 2.69. The van der Waals surface area contributed by atoms with Crippen LogP contribution < -0.4 is 0 Å². The van der Waals surface area contributed by atoms with Gasteiger partial charge in [-0.05, 0) is 54.6 Å². The van der Waals surface area contributed by atoms with Gasteiger partial charge in [0.25, 0.3) is 0 Å². The van der Waals surface area contributed by atoms with Crippen LogP contribution in [0.3, 0.4) is 0 Å². The third-order valence-corrected chi connectivity index (χ3v) is 7.98. The summed E-state index contributed by atoms with van der Waals surface area (Å²) in [5, 5.41) is 4.91. The Morgan fingerprint density at radius 2 is 1.26 bits per heavy atom. The van der Waals surface area contributed by atoms with E-state index in [1.54, 1.807) is 11.3 Å². The fraction of sp³-hybridized carbons (Fsp3) is 0. The maximum Gasteiger partial charge on any atom is 0.227 e. The second-order valence-electron chi connectivity index (χ2n) is 8.82. The molecule has 4 heteroatoms. The van der Waals surface area contributed by atoms with Crippen LogP contribution in [0.2, 0.25) is 0 Å². The molecule has 3 aromatic heterocycles. The van der Waals surface area contributed by atoms with E-state index >= 15 is 0 Å². The van der Waals surface area contributed by atoms with Crippen LogP contribution in [0, 0.1) is 0 Å². The molecular weight excluding hydrogens is 448 g/mol. The van der Waals surface area contributed by atoms with Gasteiger partial charge in [-0.3, -0.25) is 0 Å². The summed E-state index contributed by atoms with van der Waals surface area (Å²) >= 11 is 1.79. The molecule has 5 aromatic carbocycles. The highest BCUT2D eigenvalue weighted by Crippen LogP contribution is 2.40. The van der Waals surface area contributed by atoms with Crippen molar-refractivity contribution in [3.05, 3.63) is 109 Å². The molecule has 0 atom stereocenters. The van der Waals surface area contributed by atoms with Crippen molar-refractivity contribution < 1.29 is 4.42 Å². The highest BCUT2D eigenvalue weighted by atomic mass is 32.1. The lowest BCUT2D eigenvalue weighted by molar-refractivity contribution is 0.623. The molecule has 8 rings (SSSR count). The fourth-order valence-corrected chi connectivity index (χ4v) is 6.38. The lowest BCUT2D eigenvalue weighted by Gasteiger charge is -2.08. The largest absolute Gasteiger partial charge is 0.435 e. The van der Waals surface area contributed by atoms with Crippen LogP contribution in [-0.2, 0) is 0 Å². The first-order valence-corrected chi connectivity index (χ1v) is 12.5. The van der Waals surface area contributed by atoms with E-state index in [4.69, 9.17) is 9.40 Å². The Kier molecular flexibility index (Phi) is 3.82. The van der Waals surface area contributed by atoms with Gasteiger partial charge >= 0.3 is 0 Å². The Morgan fingerprint density at radius 3 is 2.00 bits per heavy atom. The van der Waals surface area contributed by atoms with Gasteiger partial charge in [0.05, 0.1) is 11.0 Å². The van der Waals surface area contributed by atoms with Gasteiger partial charge in [-0.2, -0.15) is 0 Å². The van der Waals surface area contributed by atoms with Crippen LogP contribution in [0.15, 0.2) is 114 Å². The quantitative estimate of drug-likeness (QED) is 0.255. The predicted molar refractivity (Wildman–Crippen MR) is 147 cm³/mol. The number of nitrogens with zero attached hydrogens (tertiary/aromatic N) is 2. The Labute approximate surface area is 204 Å². The summed E-state index contributed by atoms with van der Waals surface area (Å²) in [5.74, 6) is 0.650. The molecule has 0 fully saturated rings. The minimum Gasteiger partial charge on any atom is -0.435 e. The van der Waals surface area contributed by atoms with Crippen LogP contribution in [0.25, 0.3) is 70.2 Å². The van der Waals surface area contributed by atoms with Gasteiger partial charge in [-0.25, -0.2) is 4.98 Å². The van der Waals surface area contributed by atoms with Gasteiger partial charge in [-0.1, -0.05) is 54.6 Å². The van der Waals surface area contributed by atoms with Crippen molar-refractivity contribution in [2.24, 2.45) is 0 Å². The van der Waals surface area contributed by atoms with Crippen molar-refractivity contribution in [1.29, 1.82) is 0 Å². The lowest BCUT2D eigenvalue weighted by atomic mass is 10.1. The lowest BCUT2D eigenvalue weighted by Crippen LogP contribution is -1.93. The number of benzene rings is 5. The summed E-state index contributed by atoms with van der Waals surface area (Å²) in [6.45, 7) is 0. The maximum absolute atomic E-state index is 6.39. The molecule has 3 nitrogen and oxygen atoms in total. The molecule has 0 amide bonds. The smallest absolute Gasteiger partial charge is 0.227 e. The van der Waals surface area contributed by atoms with Crippen LogP contribution in [0.4, 0.5) is 0 Å². The summed E-state index contributed by atoms with van der Waals surface area (Å²) in [4.78, 5) is 4.84. The number of thiophene rings is 1. The van der Waals surface area contributed by atoms with Crippen molar-refractivity contribution in [2.75, 3.05) is 0 Å². The molecule has 164 valence electrons. The monoisotopic (exact) mass is 466 g/mol. The molecular formula is C31H18N2OS. The molecule has 0 radical (unpaired) electrons. The van der Waals surface area contributed by atoms with Gasteiger partial charge in [0.15, 0.2) is 5.58 Å². The van der Waals surface area contributed by atoms with Crippen LogP contribution in [-0.4, -0.2) is 9.55 Å². The number of hydrogen-bond acceptors (Lipinski definition) is 3. The molecule has 0 aliphatic carbocycles. The van der Waals surface area contributed by atoms with Gasteiger partial charge in [0.1, 0.15) is 5.52 Å². The zero-order valence-corrected chi connectivity index (χ0v) is 19.4. The summed E-state index contributed by atoms with van der Waals surface area (Å²) in [7, 11) is 0. The average molecular weight is 467 g/mol. The van der Waals surface area contributed by atoms with Crippen LogP contribution >= 0.6 is 11.3 Å². The second kappa shape index (κ2) is 7.05. The molecule has 0 aliphatic rings. The molecule has 35 heavy (non-hydrogen) atoms. The van der Waals surface area contributed by atoms with E-state index in [0.29, 0.717) is 5.89 Å². The summed E-state index contributed by atoms with van der Waals surface area (Å²) in [5.41, 5.74) is 6.25. The molecule has 8 aromatic rings. The Bertz CT molecular complexity index is 2000. The highest BCUT2D eigenvalue weighted by Gasteiger charge is 2.16. The SMILES string of the molecule is c1ccc2c(c1)sc1ccc3nc(-c4ccc(-n5c6ccccc6c6ccccc65)cc4)oc3c12. The molecule has 0 aliphatic heterocycles. The van der Waals surface area contributed by atoms with Crippen molar-refractivity contribution in [2.45, 2.75) is 0 Å². The molecule has 0 bridgehead atoms. The first-order valence-electron chi connectivity index (χ1n) is 11.6. The fourth-order valence-electron chi connectivity index (χ4n) is 5.27. The molecule has 0 saturated carbocycles. The van der Waals surface area contributed by atoms with Gasteiger partial charge < -0.3 is 8.98 Å². The van der Waals surface area contributed by atoms with Crippen molar-refractivity contribution >= 4 is 64.4 Å². The number of para-hydroxylation sites is 2.